The van der Waals surface area contributed by atoms with Crippen LogP contribution in [0.3, 0.4) is 0 Å². The Morgan fingerprint density at radius 1 is 1.22 bits per heavy atom. The van der Waals surface area contributed by atoms with E-state index in [0.29, 0.717) is 32.4 Å². The Kier molecular flexibility index (Phi) is 7.46. The summed E-state index contributed by atoms with van der Waals surface area (Å²) in [7, 11) is 0. The van der Waals surface area contributed by atoms with E-state index in [-0.39, 0.29) is 11.9 Å². The Morgan fingerprint density at radius 3 is 2.61 bits per heavy atom. The van der Waals surface area contributed by atoms with Gasteiger partial charge in [0, 0.05) is 19.4 Å². The summed E-state index contributed by atoms with van der Waals surface area (Å²) in [4.78, 5) is 22.6. The summed E-state index contributed by atoms with van der Waals surface area (Å²) < 4.78 is 4.81. The highest BCUT2D eigenvalue weighted by Crippen LogP contribution is 2.28. The van der Waals surface area contributed by atoms with Crippen LogP contribution < -0.4 is 5.32 Å². The van der Waals surface area contributed by atoms with Crippen LogP contribution in [0.25, 0.3) is 0 Å². The number of esters is 1. The van der Waals surface area contributed by atoms with Gasteiger partial charge in [0.2, 0.25) is 5.91 Å². The molecule has 4 heteroatoms. The van der Waals surface area contributed by atoms with Crippen molar-refractivity contribution in [2.45, 2.75) is 58.3 Å². The molecule has 0 spiro atoms. The molecule has 0 unspecified atom stereocenters. The average molecular weight is 255 g/mol. The topological polar surface area (TPSA) is 55.4 Å². The third-order valence-corrected chi connectivity index (χ3v) is 3.44. The largest absolute Gasteiger partial charge is 0.466 e. The van der Waals surface area contributed by atoms with Gasteiger partial charge in [-0.05, 0) is 25.7 Å². The quantitative estimate of drug-likeness (QED) is 0.535. The molecule has 0 saturated heterocycles. The number of hydrogen-bond acceptors (Lipinski definition) is 3. The maximum Gasteiger partial charge on any atom is 0.305 e. The summed E-state index contributed by atoms with van der Waals surface area (Å²) >= 11 is 0. The summed E-state index contributed by atoms with van der Waals surface area (Å²) in [5.74, 6) is 0.693. The van der Waals surface area contributed by atoms with E-state index in [2.05, 4.69) is 5.32 Å². The lowest BCUT2D eigenvalue weighted by Crippen LogP contribution is -2.25. The van der Waals surface area contributed by atoms with Crippen LogP contribution in [0.4, 0.5) is 0 Å². The lowest BCUT2D eigenvalue weighted by atomic mass is 10.0. The first-order valence-corrected chi connectivity index (χ1v) is 7.14. The summed E-state index contributed by atoms with van der Waals surface area (Å²) in [6.45, 7) is 2.79. The van der Waals surface area contributed by atoms with E-state index >= 15 is 0 Å². The standard InChI is InChI=1S/C14H25NO3/c1-2-18-14(17)8-5-11-15-13(16)10-9-12-6-3-4-7-12/h12H,2-11H2,1H3,(H,15,16). The fourth-order valence-corrected chi connectivity index (χ4v) is 2.42. The smallest absolute Gasteiger partial charge is 0.305 e. The lowest BCUT2D eigenvalue weighted by molar-refractivity contribution is -0.143. The van der Waals surface area contributed by atoms with Crippen molar-refractivity contribution in [3.8, 4) is 0 Å². The maximum absolute atomic E-state index is 11.5. The minimum absolute atomic E-state index is 0.116. The number of carbonyl (C=O) groups excluding carboxylic acids is 2. The minimum Gasteiger partial charge on any atom is -0.466 e. The van der Waals surface area contributed by atoms with E-state index in [1.54, 1.807) is 6.92 Å². The first kappa shape index (κ1) is 15.0. The number of carbonyl (C=O) groups is 2. The van der Waals surface area contributed by atoms with Crippen LogP contribution in [0.15, 0.2) is 0 Å². The fraction of sp³-hybridized carbons (Fsp3) is 0.857. The van der Waals surface area contributed by atoms with Gasteiger partial charge in [0.25, 0.3) is 0 Å². The zero-order valence-corrected chi connectivity index (χ0v) is 11.4. The Labute approximate surface area is 109 Å². The third kappa shape index (κ3) is 6.62. The van der Waals surface area contributed by atoms with Gasteiger partial charge in [0.15, 0.2) is 0 Å². The van der Waals surface area contributed by atoms with Crippen molar-refractivity contribution in [3.63, 3.8) is 0 Å². The Hall–Kier alpha value is -1.06. The molecule has 18 heavy (non-hydrogen) atoms. The van der Waals surface area contributed by atoms with Gasteiger partial charge >= 0.3 is 5.97 Å². The molecule has 1 aliphatic carbocycles. The van der Waals surface area contributed by atoms with Crippen LogP contribution in [0.1, 0.15) is 58.3 Å². The number of ether oxygens (including phenoxy) is 1. The van der Waals surface area contributed by atoms with Crippen LogP contribution in [0.2, 0.25) is 0 Å². The third-order valence-electron chi connectivity index (χ3n) is 3.44. The molecule has 104 valence electrons. The molecule has 0 bridgehead atoms. The predicted octanol–water partition coefficient (Wildman–Crippen LogP) is 2.42. The van der Waals surface area contributed by atoms with Gasteiger partial charge in [-0.2, -0.15) is 0 Å². The molecule has 0 aliphatic heterocycles. The highest BCUT2D eigenvalue weighted by atomic mass is 16.5. The number of hydrogen-bond donors (Lipinski definition) is 1. The van der Waals surface area contributed by atoms with E-state index in [1.807, 2.05) is 0 Å². The highest BCUT2D eigenvalue weighted by molar-refractivity contribution is 5.76. The van der Waals surface area contributed by atoms with E-state index < -0.39 is 0 Å². The normalized spacial score (nSPS) is 15.6. The van der Waals surface area contributed by atoms with Gasteiger partial charge in [-0.15, -0.1) is 0 Å². The van der Waals surface area contributed by atoms with Gasteiger partial charge in [0.05, 0.1) is 6.61 Å². The zero-order valence-electron chi connectivity index (χ0n) is 11.4. The molecule has 0 radical (unpaired) electrons. The van der Waals surface area contributed by atoms with E-state index in [1.165, 1.54) is 25.7 Å². The van der Waals surface area contributed by atoms with E-state index in [9.17, 15) is 9.59 Å². The van der Waals surface area contributed by atoms with Gasteiger partial charge in [0.1, 0.15) is 0 Å². The molecule has 0 heterocycles. The molecule has 1 amide bonds. The van der Waals surface area contributed by atoms with Crippen LogP contribution in [-0.2, 0) is 14.3 Å². The second-order valence-electron chi connectivity index (χ2n) is 4.95. The summed E-state index contributed by atoms with van der Waals surface area (Å²) in [5.41, 5.74) is 0. The maximum atomic E-state index is 11.5. The fourth-order valence-electron chi connectivity index (χ4n) is 2.42. The molecule has 0 atom stereocenters. The van der Waals surface area contributed by atoms with Crippen molar-refractivity contribution in [1.29, 1.82) is 0 Å². The highest BCUT2D eigenvalue weighted by Gasteiger charge is 2.15. The van der Waals surface area contributed by atoms with Gasteiger partial charge in [-0.3, -0.25) is 9.59 Å². The first-order chi connectivity index (χ1) is 8.72. The minimum atomic E-state index is -0.183. The zero-order chi connectivity index (χ0) is 13.2. The first-order valence-electron chi connectivity index (χ1n) is 7.14. The van der Waals surface area contributed by atoms with Crippen molar-refractivity contribution < 1.29 is 14.3 Å². The molecule has 1 N–H and O–H groups in total. The molecule has 0 aromatic carbocycles. The number of nitrogens with one attached hydrogen (secondary N) is 1. The number of amides is 1. The number of rotatable bonds is 8. The van der Waals surface area contributed by atoms with E-state index in [4.69, 9.17) is 4.74 Å². The Bertz CT molecular complexity index is 260. The second-order valence-corrected chi connectivity index (χ2v) is 4.95. The molecule has 1 aliphatic rings. The van der Waals surface area contributed by atoms with Crippen molar-refractivity contribution in [2.75, 3.05) is 13.2 Å². The lowest BCUT2D eigenvalue weighted by Gasteiger charge is -2.09. The van der Waals surface area contributed by atoms with Gasteiger partial charge < -0.3 is 10.1 Å². The van der Waals surface area contributed by atoms with Gasteiger partial charge in [-0.1, -0.05) is 25.7 Å². The Morgan fingerprint density at radius 2 is 1.94 bits per heavy atom. The molecule has 4 nitrogen and oxygen atoms in total. The molecule has 1 fully saturated rings. The van der Waals surface area contributed by atoms with Crippen molar-refractivity contribution in [3.05, 3.63) is 0 Å². The molecule has 0 aromatic heterocycles. The average Bonchev–Trinajstić information content (AvgIpc) is 2.85. The SMILES string of the molecule is CCOC(=O)CCCNC(=O)CCC1CCCC1. The summed E-state index contributed by atoms with van der Waals surface area (Å²) in [6.07, 6.45) is 7.92. The summed E-state index contributed by atoms with van der Waals surface area (Å²) in [6, 6.07) is 0. The molecular weight excluding hydrogens is 230 g/mol. The Balaban J connectivity index is 1.94. The van der Waals surface area contributed by atoms with Crippen molar-refractivity contribution in [2.24, 2.45) is 5.92 Å². The molecule has 1 rings (SSSR count). The summed E-state index contributed by atoms with van der Waals surface area (Å²) in [5, 5.41) is 2.86. The van der Waals surface area contributed by atoms with Crippen molar-refractivity contribution in [1.82, 2.24) is 5.32 Å². The molecule has 1 saturated carbocycles. The van der Waals surface area contributed by atoms with E-state index in [0.717, 1.165) is 12.3 Å². The van der Waals surface area contributed by atoms with Crippen LogP contribution in [0, 0.1) is 5.92 Å². The second kappa shape index (κ2) is 8.95. The molecular formula is C14H25NO3. The molecule has 0 aromatic rings. The van der Waals surface area contributed by atoms with Gasteiger partial charge in [-0.25, -0.2) is 0 Å². The monoisotopic (exact) mass is 255 g/mol. The van der Waals surface area contributed by atoms with Crippen molar-refractivity contribution >= 4 is 11.9 Å². The van der Waals surface area contributed by atoms with Crippen LogP contribution in [0.5, 0.6) is 0 Å². The predicted molar refractivity (Wildman–Crippen MR) is 70.1 cm³/mol. The van der Waals surface area contributed by atoms with Crippen LogP contribution >= 0.6 is 0 Å². The van der Waals surface area contributed by atoms with Crippen LogP contribution in [-0.4, -0.2) is 25.0 Å².